The van der Waals surface area contributed by atoms with Gasteiger partial charge in [-0.25, -0.2) is 8.42 Å². The molecule has 0 saturated carbocycles. The van der Waals surface area contributed by atoms with E-state index in [1.54, 1.807) is 29.4 Å². The van der Waals surface area contributed by atoms with Crippen LogP contribution in [0.3, 0.4) is 0 Å². The van der Waals surface area contributed by atoms with Crippen molar-refractivity contribution in [2.45, 2.75) is 23.5 Å². The van der Waals surface area contributed by atoms with Crippen LogP contribution in [-0.2, 0) is 29.0 Å². The highest BCUT2D eigenvalue weighted by molar-refractivity contribution is 7.89. The maximum atomic E-state index is 13.4. The molecule has 2 aliphatic rings. The third-order valence-corrected chi connectivity index (χ3v) is 9.08. The molecule has 3 aromatic rings. The van der Waals surface area contributed by atoms with Crippen LogP contribution in [0.15, 0.2) is 75.9 Å². The van der Waals surface area contributed by atoms with Gasteiger partial charge in [0.1, 0.15) is 11.3 Å². The molecule has 0 aliphatic carbocycles. The average molecular weight is 587 g/mol. The minimum absolute atomic E-state index is 0.0159. The van der Waals surface area contributed by atoms with E-state index < -0.39 is 16.3 Å². The van der Waals surface area contributed by atoms with Gasteiger partial charge in [0.05, 0.1) is 44.7 Å². The molecule has 2 aromatic carbocycles. The minimum Gasteiger partial charge on any atom is -0.497 e. The van der Waals surface area contributed by atoms with Crippen molar-refractivity contribution < 1.29 is 41.7 Å². The third-order valence-electron chi connectivity index (χ3n) is 7.17. The average Bonchev–Trinajstić information content (AvgIpc) is 3.45. The van der Waals surface area contributed by atoms with Crippen LogP contribution in [0, 0.1) is 0 Å². The lowest BCUT2D eigenvalue weighted by molar-refractivity contribution is -0.155. The second-order valence-corrected chi connectivity index (χ2v) is 11.6. The number of hydrogen-bond donors (Lipinski definition) is 1. The Hall–Kier alpha value is -3.42. The Balaban J connectivity index is 1.32. The summed E-state index contributed by atoms with van der Waals surface area (Å²) in [5.74, 6) is 0.236. The lowest BCUT2D eigenvalue weighted by Gasteiger charge is -2.33. The zero-order valence-corrected chi connectivity index (χ0v) is 23.6. The van der Waals surface area contributed by atoms with Gasteiger partial charge in [0.2, 0.25) is 16.3 Å². The van der Waals surface area contributed by atoms with Gasteiger partial charge in [-0.1, -0.05) is 18.2 Å². The SMILES string of the molecule is COc1ccc(S(=O)(=O)N(CCO)CCO[C@@H]2C[C@H](c3coc4ccccc34)C=C(C(=O)N3CCOCC3)O2)cc1. The summed E-state index contributed by atoms with van der Waals surface area (Å²) in [7, 11) is -2.40. The Morgan fingerprint density at radius 2 is 1.85 bits per heavy atom. The number of sulfonamides is 1. The number of rotatable bonds is 11. The molecule has 1 fully saturated rings. The maximum absolute atomic E-state index is 13.4. The number of para-hydroxylation sites is 1. The fraction of sp³-hybridized carbons (Fsp3) is 0.414. The number of morpholine rings is 1. The number of hydrogen-bond acceptors (Lipinski definition) is 9. The zero-order valence-electron chi connectivity index (χ0n) is 22.8. The number of aliphatic hydroxyl groups excluding tert-OH is 1. The summed E-state index contributed by atoms with van der Waals surface area (Å²) in [5, 5.41) is 10.5. The van der Waals surface area contributed by atoms with Crippen LogP contribution in [0.25, 0.3) is 11.0 Å². The lowest BCUT2D eigenvalue weighted by atomic mass is 9.92. The molecule has 12 heteroatoms. The van der Waals surface area contributed by atoms with Gasteiger partial charge in [-0.3, -0.25) is 4.79 Å². The maximum Gasteiger partial charge on any atom is 0.288 e. The van der Waals surface area contributed by atoms with E-state index in [0.717, 1.165) is 20.8 Å². The molecular formula is C29H34N2O9S. The first-order valence-corrected chi connectivity index (χ1v) is 14.9. The molecule has 11 nitrogen and oxygen atoms in total. The standard InChI is InChI=1S/C29H34N2O9S/c1-36-22-6-8-23(9-7-22)41(34,35)31(10-14-32)13-17-38-28-19-21(25-20-39-26-5-3-2-4-24(25)26)18-27(40-28)29(33)30-11-15-37-16-12-30/h2-9,18,20-21,28,32H,10-17,19H2,1H3/t21-,28+/m1/s1. The summed E-state index contributed by atoms with van der Waals surface area (Å²) in [6.45, 7) is 1.34. The van der Waals surface area contributed by atoms with Crippen LogP contribution >= 0.6 is 0 Å². The molecular weight excluding hydrogens is 552 g/mol. The Labute approximate surface area is 238 Å². The van der Waals surface area contributed by atoms with E-state index in [4.69, 9.17) is 23.4 Å². The molecule has 0 spiro atoms. The third kappa shape index (κ3) is 6.57. The number of benzene rings is 2. The van der Waals surface area contributed by atoms with E-state index in [1.165, 1.54) is 19.2 Å². The molecule has 1 aromatic heterocycles. The van der Waals surface area contributed by atoms with Crippen molar-refractivity contribution in [3.8, 4) is 5.75 Å². The van der Waals surface area contributed by atoms with Crippen LogP contribution in [0.5, 0.6) is 5.75 Å². The molecule has 0 radical (unpaired) electrons. The van der Waals surface area contributed by atoms with Gasteiger partial charge in [-0.2, -0.15) is 4.31 Å². The quantitative estimate of drug-likeness (QED) is 0.361. The van der Waals surface area contributed by atoms with Crippen LogP contribution in [-0.4, -0.2) is 94.6 Å². The van der Waals surface area contributed by atoms with E-state index in [0.29, 0.717) is 38.5 Å². The first kappa shape index (κ1) is 29.1. The molecule has 41 heavy (non-hydrogen) atoms. The second kappa shape index (κ2) is 13.0. The Bertz CT molecular complexity index is 1460. The number of methoxy groups -OCH3 is 1. The van der Waals surface area contributed by atoms with Crippen LogP contribution in [0.2, 0.25) is 0 Å². The van der Waals surface area contributed by atoms with Gasteiger partial charge in [0.15, 0.2) is 5.76 Å². The second-order valence-electron chi connectivity index (χ2n) is 9.69. The van der Waals surface area contributed by atoms with Gasteiger partial charge >= 0.3 is 0 Å². The van der Waals surface area contributed by atoms with Crippen molar-refractivity contribution in [3.05, 3.63) is 72.2 Å². The fourth-order valence-electron chi connectivity index (χ4n) is 4.98. The molecule has 0 bridgehead atoms. The molecule has 2 aliphatic heterocycles. The molecule has 220 valence electrons. The van der Waals surface area contributed by atoms with Gasteiger partial charge < -0.3 is 33.4 Å². The summed E-state index contributed by atoms with van der Waals surface area (Å²) in [6, 6.07) is 13.7. The largest absolute Gasteiger partial charge is 0.497 e. The van der Waals surface area contributed by atoms with Gasteiger partial charge in [-0.05, 0) is 36.4 Å². The van der Waals surface area contributed by atoms with E-state index in [-0.39, 0.29) is 48.8 Å². The fourth-order valence-corrected chi connectivity index (χ4v) is 6.40. The topological polar surface area (TPSA) is 128 Å². The normalized spacial score (nSPS) is 19.7. The highest BCUT2D eigenvalue weighted by Crippen LogP contribution is 2.36. The molecule has 2 atom stereocenters. The predicted molar refractivity (Wildman–Crippen MR) is 149 cm³/mol. The van der Waals surface area contributed by atoms with Crippen LogP contribution in [0.1, 0.15) is 17.9 Å². The smallest absolute Gasteiger partial charge is 0.288 e. The number of fused-ring (bicyclic) bond motifs is 1. The zero-order chi connectivity index (χ0) is 28.8. The monoisotopic (exact) mass is 586 g/mol. The number of allylic oxidation sites excluding steroid dienone is 1. The molecule has 0 unspecified atom stereocenters. The van der Waals surface area contributed by atoms with E-state index in [1.807, 2.05) is 24.3 Å². The molecule has 1 saturated heterocycles. The number of carbonyl (C=O) groups is 1. The molecule has 3 heterocycles. The van der Waals surface area contributed by atoms with Crippen molar-refractivity contribution in [1.82, 2.24) is 9.21 Å². The number of nitrogens with zero attached hydrogens (tertiary/aromatic N) is 2. The number of amides is 1. The highest BCUT2D eigenvalue weighted by atomic mass is 32.2. The first-order valence-electron chi connectivity index (χ1n) is 13.5. The van der Waals surface area contributed by atoms with Gasteiger partial charge in [0.25, 0.3) is 5.91 Å². The van der Waals surface area contributed by atoms with Crippen LogP contribution < -0.4 is 4.74 Å². The lowest BCUT2D eigenvalue weighted by Crippen LogP contribution is -2.43. The number of carbonyl (C=O) groups excluding carboxylic acids is 1. The van der Waals surface area contributed by atoms with Gasteiger partial charge in [-0.15, -0.1) is 0 Å². The molecule has 1 N–H and O–H groups in total. The van der Waals surface area contributed by atoms with E-state index in [2.05, 4.69) is 0 Å². The molecule has 1 amide bonds. The number of ether oxygens (including phenoxy) is 4. The van der Waals surface area contributed by atoms with Crippen molar-refractivity contribution >= 4 is 26.9 Å². The van der Waals surface area contributed by atoms with Crippen molar-refractivity contribution in [1.29, 1.82) is 0 Å². The highest BCUT2D eigenvalue weighted by Gasteiger charge is 2.33. The summed E-state index contributed by atoms with van der Waals surface area (Å²) < 4.78 is 56.0. The van der Waals surface area contributed by atoms with Crippen molar-refractivity contribution in [3.63, 3.8) is 0 Å². The number of aliphatic hydroxyl groups is 1. The Morgan fingerprint density at radius 1 is 1.10 bits per heavy atom. The minimum atomic E-state index is -3.90. The van der Waals surface area contributed by atoms with Crippen LogP contribution in [0.4, 0.5) is 0 Å². The van der Waals surface area contributed by atoms with Gasteiger partial charge in [0, 0.05) is 49.5 Å². The summed E-state index contributed by atoms with van der Waals surface area (Å²) >= 11 is 0. The summed E-state index contributed by atoms with van der Waals surface area (Å²) in [5.41, 5.74) is 1.65. The molecule has 5 rings (SSSR count). The van der Waals surface area contributed by atoms with Crippen molar-refractivity contribution in [2.24, 2.45) is 0 Å². The summed E-state index contributed by atoms with van der Waals surface area (Å²) in [6.07, 6.45) is 3.09. The van der Waals surface area contributed by atoms with E-state index >= 15 is 0 Å². The van der Waals surface area contributed by atoms with Crippen molar-refractivity contribution in [2.75, 3.05) is 59.7 Å². The van der Waals surface area contributed by atoms with E-state index in [9.17, 15) is 18.3 Å². The predicted octanol–water partition coefficient (Wildman–Crippen LogP) is 2.71. The Morgan fingerprint density at radius 3 is 2.59 bits per heavy atom. The number of furan rings is 1. The summed E-state index contributed by atoms with van der Waals surface area (Å²) in [4.78, 5) is 15.1. The Kier molecular flexibility index (Phi) is 9.25. The first-order chi connectivity index (χ1) is 19.9.